The highest BCUT2D eigenvalue weighted by atomic mass is 16.2. The smallest absolute Gasteiger partial charge is 0.228 e. The molecular formula is C20H27N3O3. The van der Waals surface area contributed by atoms with Gasteiger partial charge in [0.2, 0.25) is 17.7 Å². The molecule has 0 aliphatic heterocycles. The molecule has 0 spiro atoms. The Morgan fingerprint density at radius 1 is 0.808 bits per heavy atom. The first-order valence-electron chi connectivity index (χ1n) is 9.52. The summed E-state index contributed by atoms with van der Waals surface area (Å²) < 4.78 is 0. The van der Waals surface area contributed by atoms with E-state index in [-0.39, 0.29) is 35.6 Å². The lowest BCUT2D eigenvalue weighted by molar-refractivity contribution is -0.125. The molecular weight excluding hydrogens is 330 g/mol. The minimum absolute atomic E-state index is 0.0260. The minimum atomic E-state index is -0.240. The van der Waals surface area contributed by atoms with Gasteiger partial charge in [-0.15, -0.1) is 0 Å². The van der Waals surface area contributed by atoms with Gasteiger partial charge >= 0.3 is 0 Å². The lowest BCUT2D eigenvalue weighted by Gasteiger charge is -2.16. The fourth-order valence-electron chi connectivity index (χ4n) is 3.58. The summed E-state index contributed by atoms with van der Waals surface area (Å²) in [5.41, 5.74) is 1.35. The third-order valence-corrected chi connectivity index (χ3v) is 5.14. The van der Waals surface area contributed by atoms with E-state index in [9.17, 15) is 14.4 Å². The third-order valence-electron chi connectivity index (χ3n) is 5.14. The molecule has 2 aliphatic carbocycles. The molecule has 2 saturated carbocycles. The third kappa shape index (κ3) is 5.07. The average molecular weight is 357 g/mol. The van der Waals surface area contributed by atoms with Gasteiger partial charge in [0.15, 0.2) is 0 Å². The van der Waals surface area contributed by atoms with Crippen LogP contribution in [0.4, 0.5) is 11.4 Å². The Morgan fingerprint density at radius 2 is 1.35 bits per heavy atom. The predicted octanol–water partition coefficient (Wildman–Crippen LogP) is 3.06. The molecule has 0 heterocycles. The molecule has 2 aliphatic rings. The highest BCUT2D eigenvalue weighted by molar-refractivity contribution is 5.99. The van der Waals surface area contributed by atoms with E-state index >= 15 is 0 Å². The number of amides is 3. The Balaban J connectivity index is 1.46. The van der Waals surface area contributed by atoms with Gasteiger partial charge < -0.3 is 16.0 Å². The first-order chi connectivity index (χ1) is 12.5. The molecule has 0 bridgehead atoms. The highest BCUT2D eigenvalue weighted by Gasteiger charge is 2.48. The van der Waals surface area contributed by atoms with E-state index < -0.39 is 0 Å². The maximum absolute atomic E-state index is 12.4. The monoisotopic (exact) mass is 357 g/mol. The van der Waals surface area contributed by atoms with Crippen molar-refractivity contribution in [3.8, 4) is 0 Å². The van der Waals surface area contributed by atoms with Crippen molar-refractivity contribution in [3.63, 3.8) is 0 Å². The number of nitrogens with one attached hydrogen (secondary N) is 3. The van der Waals surface area contributed by atoms with Crippen molar-refractivity contribution >= 4 is 29.1 Å². The summed E-state index contributed by atoms with van der Waals surface area (Å²) in [6, 6.07) is 7.23. The van der Waals surface area contributed by atoms with Gasteiger partial charge in [0.25, 0.3) is 0 Å². The zero-order chi connectivity index (χ0) is 18.5. The van der Waals surface area contributed by atoms with Gasteiger partial charge in [0.1, 0.15) is 0 Å². The van der Waals surface area contributed by atoms with E-state index in [0.717, 1.165) is 12.8 Å². The summed E-state index contributed by atoms with van der Waals surface area (Å²) in [4.78, 5) is 35.7. The van der Waals surface area contributed by atoms with Crippen molar-refractivity contribution < 1.29 is 14.4 Å². The number of carbonyl (C=O) groups is 3. The van der Waals surface area contributed by atoms with Gasteiger partial charge in [0.05, 0.1) is 11.8 Å². The van der Waals surface area contributed by atoms with E-state index in [1.165, 1.54) is 32.6 Å². The predicted molar refractivity (Wildman–Crippen MR) is 101 cm³/mol. The molecule has 1 aromatic rings. The number of rotatable bonds is 5. The molecule has 6 nitrogen and oxygen atoms in total. The molecule has 140 valence electrons. The van der Waals surface area contributed by atoms with Crippen molar-refractivity contribution in [1.29, 1.82) is 0 Å². The molecule has 2 atom stereocenters. The van der Waals surface area contributed by atoms with Crippen molar-refractivity contribution in [2.45, 2.75) is 57.9 Å². The van der Waals surface area contributed by atoms with Crippen molar-refractivity contribution in [3.05, 3.63) is 24.3 Å². The van der Waals surface area contributed by atoms with Gasteiger partial charge in [-0.1, -0.05) is 25.7 Å². The highest BCUT2D eigenvalue weighted by Crippen LogP contribution is 2.40. The first kappa shape index (κ1) is 18.4. The summed E-state index contributed by atoms with van der Waals surface area (Å²) in [6.07, 6.45) is 7.57. The topological polar surface area (TPSA) is 87.3 Å². The number of carbonyl (C=O) groups excluding carboxylic acids is 3. The summed E-state index contributed by atoms with van der Waals surface area (Å²) in [5, 5.41) is 8.67. The van der Waals surface area contributed by atoms with Crippen LogP contribution in [-0.4, -0.2) is 23.8 Å². The number of benzene rings is 1. The van der Waals surface area contributed by atoms with Crippen molar-refractivity contribution in [1.82, 2.24) is 5.32 Å². The van der Waals surface area contributed by atoms with Crippen LogP contribution in [0.15, 0.2) is 24.3 Å². The molecule has 26 heavy (non-hydrogen) atoms. The van der Waals surface area contributed by atoms with Crippen LogP contribution in [0, 0.1) is 11.8 Å². The second-order valence-corrected chi connectivity index (χ2v) is 7.39. The molecule has 1 aromatic carbocycles. The molecule has 0 saturated heterocycles. The van der Waals surface area contributed by atoms with Crippen LogP contribution in [0.2, 0.25) is 0 Å². The van der Waals surface area contributed by atoms with E-state index in [1.54, 1.807) is 24.3 Å². The zero-order valence-electron chi connectivity index (χ0n) is 15.2. The maximum atomic E-state index is 12.4. The van der Waals surface area contributed by atoms with Crippen LogP contribution < -0.4 is 16.0 Å². The lowest BCUT2D eigenvalue weighted by Crippen LogP contribution is -2.36. The van der Waals surface area contributed by atoms with Gasteiger partial charge in [0, 0.05) is 24.3 Å². The molecule has 0 radical (unpaired) electrons. The second kappa shape index (κ2) is 8.34. The second-order valence-electron chi connectivity index (χ2n) is 7.39. The van der Waals surface area contributed by atoms with E-state index in [2.05, 4.69) is 16.0 Å². The van der Waals surface area contributed by atoms with Crippen LogP contribution in [-0.2, 0) is 14.4 Å². The number of hydrogen-bond donors (Lipinski definition) is 3. The zero-order valence-corrected chi connectivity index (χ0v) is 15.2. The standard InChI is InChI=1S/C20H27N3O3/c1-13(24)21-15-8-10-16(11-9-15)23-20(26)18-12-17(18)19(25)22-14-6-4-2-3-5-7-14/h8-11,14,17-18H,2-7,12H2,1H3,(H,21,24)(H,22,25)(H,23,26). The van der Waals surface area contributed by atoms with E-state index in [1.807, 2.05) is 0 Å². The van der Waals surface area contributed by atoms with Crippen LogP contribution in [0.1, 0.15) is 51.9 Å². The lowest BCUT2D eigenvalue weighted by atomic mass is 10.1. The Hall–Kier alpha value is -2.37. The Morgan fingerprint density at radius 3 is 1.92 bits per heavy atom. The Kier molecular flexibility index (Phi) is 5.91. The molecule has 6 heteroatoms. The van der Waals surface area contributed by atoms with Crippen LogP contribution in [0.25, 0.3) is 0 Å². The number of anilines is 2. The van der Waals surface area contributed by atoms with Gasteiger partial charge in [-0.2, -0.15) is 0 Å². The SMILES string of the molecule is CC(=O)Nc1ccc(NC(=O)C2CC2C(=O)NC2CCCCCC2)cc1. The summed E-state index contributed by atoms with van der Waals surface area (Å²) in [7, 11) is 0. The molecule has 3 amide bonds. The quantitative estimate of drug-likeness (QED) is 0.708. The number of hydrogen-bond acceptors (Lipinski definition) is 3. The summed E-state index contributed by atoms with van der Waals surface area (Å²) >= 11 is 0. The normalized spacial score (nSPS) is 22.8. The van der Waals surface area contributed by atoms with Gasteiger partial charge in [-0.25, -0.2) is 0 Å². The molecule has 2 unspecified atom stereocenters. The van der Waals surface area contributed by atoms with Crippen LogP contribution in [0.5, 0.6) is 0 Å². The largest absolute Gasteiger partial charge is 0.353 e. The summed E-state index contributed by atoms with van der Waals surface area (Å²) in [6.45, 7) is 1.45. The van der Waals surface area contributed by atoms with E-state index in [4.69, 9.17) is 0 Å². The van der Waals surface area contributed by atoms with Crippen LogP contribution in [0.3, 0.4) is 0 Å². The van der Waals surface area contributed by atoms with Crippen LogP contribution >= 0.6 is 0 Å². The Labute approximate surface area is 154 Å². The molecule has 3 N–H and O–H groups in total. The van der Waals surface area contributed by atoms with Crippen molar-refractivity contribution in [2.24, 2.45) is 11.8 Å². The van der Waals surface area contributed by atoms with Gasteiger partial charge in [-0.3, -0.25) is 14.4 Å². The molecule has 2 fully saturated rings. The molecule has 0 aromatic heterocycles. The first-order valence-corrected chi connectivity index (χ1v) is 9.52. The fraction of sp³-hybridized carbons (Fsp3) is 0.550. The van der Waals surface area contributed by atoms with Crippen molar-refractivity contribution in [2.75, 3.05) is 10.6 Å². The Bertz CT molecular complexity index is 663. The minimum Gasteiger partial charge on any atom is -0.353 e. The summed E-state index contributed by atoms with van der Waals surface area (Å²) in [5.74, 6) is -0.661. The fourth-order valence-corrected chi connectivity index (χ4v) is 3.58. The molecule has 3 rings (SSSR count). The van der Waals surface area contributed by atoms with E-state index in [0.29, 0.717) is 17.8 Å². The maximum Gasteiger partial charge on any atom is 0.228 e. The van der Waals surface area contributed by atoms with Gasteiger partial charge in [-0.05, 0) is 43.5 Å². The average Bonchev–Trinajstić information content (AvgIpc) is 3.40.